The SMILES string of the molecule is Cc1cc(N)nc(Cn2ccc(C(F)(F)F)n2)n1. The number of nitrogen functional groups attached to an aromatic ring is 1. The van der Waals surface area contributed by atoms with Crippen molar-refractivity contribution in [1.82, 2.24) is 19.7 Å². The van der Waals surface area contributed by atoms with E-state index in [0.29, 0.717) is 11.5 Å². The number of aromatic nitrogens is 4. The molecule has 0 spiro atoms. The number of aryl methyl sites for hydroxylation is 1. The Morgan fingerprint density at radius 2 is 2.06 bits per heavy atom. The fraction of sp³-hybridized carbons (Fsp3) is 0.300. The van der Waals surface area contributed by atoms with Crippen molar-refractivity contribution in [3.8, 4) is 0 Å². The summed E-state index contributed by atoms with van der Waals surface area (Å²) in [7, 11) is 0. The first-order valence-electron chi connectivity index (χ1n) is 5.05. The van der Waals surface area contributed by atoms with Gasteiger partial charge in [-0.25, -0.2) is 9.97 Å². The summed E-state index contributed by atoms with van der Waals surface area (Å²) in [6.45, 7) is 1.77. The van der Waals surface area contributed by atoms with Gasteiger partial charge in [0.1, 0.15) is 12.4 Å². The van der Waals surface area contributed by atoms with Gasteiger partial charge in [-0.15, -0.1) is 0 Å². The molecule has 2 heterocycles. The molecule has 5 nitrogen and oxygen atoms in total. The van der Waals surface area contributed by atoms with Crippen LogP contribution in [0.3, 0.4) is 0 Å². The van der Waals surface area contributed by atoms with Crippen LogP contribution < -0.4 is 5.73 Å². The van der Waals surface area contributed by atoms with Crippen molar-refractivity contribution in [3.05, 3.63) is 35.5 Å². The minimum atomic E-state index is -4.45. The lowest BCUT2D eigenvalue weighted by molar-refractivity contribution is -0.141. The summed E-state index contributed by atoms with van der Waals surface area (Å²) >= 11 is 0. The number of hydrogen-bond acceptors (Lipinski definition) is 4. The summed E-state index contributed by atoms with van der Waals surface area (Å²) in [6.07, 6.45) is -3.22. The molecule has 2 aromatic heterocycles. The van der Waals surface area contributed by atoms with E-state index in [1.807, 2.05) is 0 Å². The highest BCUT2D eigenvalue weighted by Crippen LogP contribution is 2.27. The predicted octanol–water partition coefficient (Wildman–Crippen LogP) is 1.63. The Labute approximate surface area is 100 Å². The number of alkyl halides is 3. The quantitative estimate of drug-likeness (QED) is 0.887. The van der Waals surface area contributed by atoms with Gasteiger partial charge < -0.3 is 5.73 Å². The Morgan fingerprint density at radius 3 is 2.61 bits per heavy atom. The van der Waals surface area contributed by atoms with E-state index < -0.39 is 11.9 Å². The maximum atomic E-state index is 12.3. The number of nitrogens with zero attached hydrogens (tertiary/aromatic N) is 4. The van der Waals surface area contributed by atoms with E-state index in [0.717, 1.165) is 10.7 Å². The van der Waals surface area contributed by atoms with E-state index in [-0.39, 0.29) is 12.4 Å². The van der Waals surface area contributed by atoms with Crippen LogP contribution in [0.4, 0.5) is 19.0 Å². The number of hydrogen-bond donors (Lipinski definition) is 1. The highest BCUT2D eigenvalue weighted by Gasteiger charge is 2.33. The molecule has 2 aromatic rings. The van der Waals surface area contributed by atoms with E-state index in [1.54, 1.807) is 13.0 Å². The van der Waals surface area contributed by atoms with Crippen molar-refractivity contribution in [1.29, 1.82) is 0 Å². The molecule has 2 N–H and O–H groups in total. The second-order valence-electron chi connectivity index (χ2n) is 3.75. The van der Waals surface area contributed by atoms with Crippen LogP contribution in [-0.2, 0) is 12.7 Å². The van der Waals surface area contributed by atoms with E-state index >= 15 is 0 Å². The van der Waals surface area contributed by atoms with Crippen LogP contribution in [0.5, 0.6) is 0 Å². The van der Waals surface area contributed by atoms with Crippen LogP contribution in [0.1, 0.15) is 17.2 Å². The largest absolute Gasteiger partial charge is 0.435 e. The second kappa shape index (κ2) is 4.28. The molecular formula is C10H10F3N5. The standard InChI is InChI=1S/C10H10F3N5/c1-6-4-8(14)16-9(15-6)5-18-3-2-7(17-18)10(11,12)13/h2-4H,5H2,1H3,(H2,14,15,16). The number of halogens is 3. The maximum Gasteiger partial charge on any atom is 0.435 e. The average Bonchev–Trinajstić information content (AvgIpc) is 2.63. The Morgan fingerprint density at radius 1 is 1.33 bits per heavy atom. The van der Waals surface area contributed by atoms with Crippen LogP contribution in [0.2, 0.25) is 0 Å². The zero-order valence-electron chi connectivity index (χ0n) is 9.44. The molecule has 96 valence electrons. The van der Waals surface area contributed by atoms with Gasteiger partial charge in [0, 0.05) is 18.0 Å². The first-order chi connectivity index (χ1) is 8.34. The van der Waals surface area contributed by atoms with Gasteiger partial charge in [0.15, 0.2) is 11.5 Å². The smallest absolute Gasteiger partial charge is 0.384 e. The molecule has 0 aliphatic heterocycles. The van der Waals surface area contributed by atoms with Crippen molar-refractivity contribution in [2.24, 2.45) is 0 Å². The van der Waals surface area contributed by atoms with Crippen LogP contribution in [0.15, 0.2) is 18.3 Å². The summed E-state index contributed by atoms with van der Waals surface area (Å²) in [6, 6.07) is 2.48. The fourth-order valence-electron chi connectivity index (χ4n) is 1.47. The molecule has 0 aromatic carbocycles. The molecule has 0 aliphatic carbocycles. The van der Waals surface area contributed by atoms with Crippen LogP contribution in [0.25, 0.3) is 0 Å². The lowest BCUT2D eigenvalue weighted by Gasteiger charge is -2.04. The third kappa shape index (κ3) is 2.76. The number of nitrogens with two attached hydrogens (primary N) is 1. The Balaban J connectivity index is 2.21. The molecule has 0 atom stereocenters. The topological polar surface area (TPSA) is 69.6 Å². The highest BCUT2D eigenvalue weighted by atomic mass is 19.4. The zero-order chi connectivity index (χ0) is 13.3. The number of anilines is 1. The van der Waals surface area contributed by atoms with Gasteiger partial charge in [0.25, 0.3) is 0 Å². The van der Waals surface area contributed by atoms with Gasteiger partial charge in [0.05, 0.1) is 0 Å². The van der Waals surface area contributed by atoms with Crippen molar-refractivity contribution >= 4 is 5.82 Å². The molecule has 0 amide bonds. The van der Waals surface area contributed by atoms with Crippen molar-refractivity contribution < 1.29 is 13.2 Å². The third-order valence-corrected chi connectivity index (χ3v) is 2.15. The van der Waals surface area contributed by atoms with E-state index in [4.69, 9.17) is 5.73 Å². The van der Waals surface area contributed by atoms with Crippen molar-refractivity contribution in [2.75, 3.05) is 5.73 Å². The molecular weight excluding hydrogens is 247 g/mol. The lowest BCUT2D eigenvalue weighted by Crippen LogP contribution is -2.10. The Bertz CT molecular complexity index is 541. The lowest BCUT2D eigenvalue weighted by atomic mass is 10.4. The number of rotatable bonds is 2. The van der Waals surface area contributed by atoms with Crippen molar-refractivity contribution in [3.63, 3.8) is 0 Å². The predicted molar refractivity (Wildman–Crippen MR) is 57.5 cm³/mol. The zero-order valence-corrected chi connectivity index (χ0v) is 9.44. The molecule has 0 fully saturated rings. The van der Waals surface area contributed by atoms with Crippen LogP contribution in [0, 0.1) is 6.92 Å². The molecule has 0 unspecified atom stereocenters. The van der Waals surface area contributed by atoms with Crippen molar-refractivity contribution in [2.45, 2.75) is 19.6 Å². The Kier molecular flexibility index (Phi) is 2.93. The Hall–Kier alpha value is -2.12. The molecule has 2 rings (SSSR count). The average molecular weight is 257 g/mol. The monoisotopic (exact) mass is 257 g/mol. The minimum absolute atomic E-state index is 0.0436. The molecule has 0 aliphatic rings. The van der Waals surface area contributed by atoms with E-state index in [2.05, 4.69) is 15.1 Å². The molecule has 0 bridgehead atoms. The maximum absolute atomic E-state index is 12.3. The molecule has 8 heteroatoms. The fourth-order valence-corrected chi connectivity index (χ4v) is 1.47. The second-order valence-corrected chi connectivity index (χ2v) is 3.75. The van der Waals surface area contributed by atoms with E-state index in [9.17, 15) is 13.2 Å². The summed E-state index contributed by atoms with van der Waals surface area (Å²) < 4.78 is 38.1. The van der Waals surface area contributed by atoms with Crippen LogP contribution in [-0.4, -0.2) is 19.7 Å². The van der Waals surface area contributed by atoms with Gasteiger partial charge in [-0.3, -0.25) is 4.68 Å². The van der Waals surface area contributed by atoms with E-state index in [1.165, 1.54) is 6.20 Å². The third-order valence-electron chi connectivity index (χ3n) is 2.15. The summed E-state index contributed by atoms with van der Waals surface area (Å²) in [4.78, 5) is 7.99. The van der Waals surface area contributed by atoms with Gasteiger partial charge in [0.2, 0.25) is 0 Å². The molecule has 0 saturated heterocycles. The highest BCUT2D eigenvalue weighted by molar-refractivity contribution is 5.29. The van der Waals surface area contributed by atoms with Gasteiger partial charge in [-0.1, -0.05) is 0 Å². The minimum Gasteiger partial charge on any atom is -0.384 e. The van der Waals surface area contributed by atoms with Gasteiger partial charge in [-0.05, 0) is 13.0 Å². The molecule has 18 heavy (non-hydrogen) atoms. The van der Waals surface area contributed by atoms with Gasteiger partial charge in [-0.2, -0.15) is 18.3 Å². The van der Waals surface area contributed by atoms with Crippen LogP contribution >= 0.6 is 0 Å². The first kappa shape index (κ1) is 12.3. The first-order valence-corrected chi connectivity index (χ1v) is 5.05. The summed E-state index contributed by atoms with van der Waals surface area (Å²) in [5.74, 6) is 0.602. The summed E-state index contributed by atoms with van der Waals surface area (Å²) in [5.41, 5.74) is 5.24. The molecule has 0 saturated carbocycles. The van der Waals surface area contributed by atoms with Gasteiger partial charge >= 0.3 is 6.18 Å². The summed E-state index contributed by atoms with van der Waals surface area (Å²) in [5, 5.41) is 3.41. The molecule has 0 radical (unpaired) electrons. The normalized spacial score (nSPS) is 11.8.